The Bertz CT molecular complexity index is 489. The van der Waals surface area contributed by atoms with Crippen molar-refractivity contribution in [2.45, 2.75) is 12.8 Å². The van der Waals surface area contributed by atoms with Crippen LogP contribution in [0, 0.1) is 10.1 Å². The molecule has 5 nitrogen and oxygen atoms in total. The second kappa shape index (κ2) is 5.21. The molecule has 0 aliphatic rings. The SMILES string of the molecule is O=C(OCc1cccc(Cl)c1[N+](=O)[O-])C(F)(F)F. The maximum absolute atomic E-state index is 11.9. The van der Waals surface area contributed by atoms with E-state index in [9.17, 15) is 28.1 Å². The molecule has 0 spiro atoms. The van der Waals surface area contributed by atoms with E-state index in [1.54, 1.807) is 0 Å². The highest BCUT2D eigenvalue weighted by Gasteiger charge is 2.41. The minimum atomic E-state index is -5.15. The van der Waals surface area contributed by atoms with Gasteiger partial charge in [0.1, 0.15) is 11.6 Å². The Kier molecular flexibility index (Phi) is 4.12. The maximum atomic E-state index is 11.9. The van der Waals surface area contributed by atoms with Gasteiger partial charge in [0.2, 0.25) is 0 Å². The molecule has 0 atom stereocenters. The standard InChI is InChI=1S/C9H5ClF3NO4/c10-6-3-1-2-5(7(6)14(16)17)4-18-8(15)9(11,12)13/h1-3H,4H2. The van der Waals surface area contributed by atoms with Crippen LogP contribution in [0.2, 0.25) is 5.02 Å². The van der Waals surface area contributed by atoms with E-state index in [4.69, 9.17) is 11.6 Å². The number of nitrogens with zero attached hydrogens (tertiary/aromatic N) is 1. The van der Waals surface area contributed by atoms with Crippen LogP contribution < -0.4 is 0 Å². The van der Waals surface area contributed by atoms with Gasteiger partial charge in [-0.25, -0.2) is 4.79 Å². The third kappa shape index (κ3) is 3.33. The molecule has 1 aromatic carbocycles. The number of alkyl halides is 3. The molecular formula is C9H5ClF3NO4. The van der Waals surface area contributed by atoms with E-state index in [2.05, 4.69) is 4.74 Å². The number of carbonyl (C=O) groups is 1. The summed E-state index contributed by atoms with van der Waals surface area (Å²) < 4.78 is 39.5. The highest BCUT2D eigenvalue weighted by atomic mass is 35.5. The Morgan fingerprint density at radius 1 is 1.44 bits per heavy atom. The van der Waals surface area contributed by atoms with Crippen molar-refractivity contribution in [1.82, 2.24) is 0 Å². The summed E-state index contributed by atoms with van der Waals surface area (Å²) in [6, 6.07) is 3.65. The molecule has 0 N–H and O–H groups in total. The van der Waals surface area contributed by atoms with Gasteiger partial charge in [0.25, 0.3) is 5.69 Å². The molecule has 1 rings (SSSR count). The molecule has 0 radical (unpaired) electrons. The van der Waals surface area contributed by atoms with Gasteiger partial charge in [0, 0.05) is 0 Å². The van der Waals surface area contributed by atoms with Crippen LogP contribution >= 0.6 is 11.6 Å². The summed E-state index contributed by atoms with van der Waals surface area (Å²) in [6.07, 6.45) is -5.15. The van der Waals surface area contributed by atoms with E-state index in [1.807, 2.05) is 0 Å². The van der Waals surface area contributed by atoms with Gasteiger partial charge in [0.15, 0.2) is 0 Å². The van der Waals surface area contributed by atoms with Crippen molar-refractivity contribution in [1.29, 1.82) is 0 Å². The molecule has 0 heterocycles. The number of esters is 1. The van der Waals surface area contributed by atoms with Crippen LogP contribution in [0.1, 0.15) is 5.56 Å². The second-order valence-electron chi connectivity index (χ2n) is 3.08. The Hall–Kier alpha value is -1.83. The van der Waals surface area contributed by atoms with Crippen molar-refractivity contribution >= 4 is 23.3 Å². The fourth-order valence-corrected chi connectivity index (χ4v) is 1.37. The third-order valence-electron chi connectivity index (χ3n) is 1.84. The van der Waals surface area contributed by atoms with Gasteiger partial charge in [-0.3, -0.25) is 10.1 Å². The van der Waals surface area contributed by atoms with Crippen LogP contribution in [0.4, 0.5) is 18.9 Å². The number of nitro groups is 1. The van der Waals surface area contributed by atoms with Crippen molar-refractivity contribution in [3.63, 3.8) is 0 Å². The number of para-hydroxylation sites is 1. The van der Waals surface area contributed by atoms with Gasteiger partial charge in [-0.2, -0.15) is 13.2 Å². The first-order valence-electron chi connectivity index (χ1n) is 4.39. The monoisotopic (exact) mass is 283 g/mol. The fraction of sp³-hybridized carbons (Fsp3) is 0.222. The molecule has 0 aliphatic heterocycles. The van der Waals surface area contributed by atoms with E-state index in [0.29, 0.717) is 0 Å². The van der Waals surface area contributed by atoms with Gasteiger partial charge < -0.3 is 4.74 Å². The zero-order valence-corrected chi connectivity index (χ0v) is 9.29. The Morgan fingerprint density at radius 3 is 2.56 bits per heavy atom. The van der Waals surface area contributed by atoms with Crippen molar-refractivity contribution in [3.8, 4) is 0 Å². The topological polar surface area (TPSA) is 69.4 Å². The molecule has 9 heteroatoms. The lowest BCUT2D eigenvalue weighted by Crippen LogP contribution is -2.25. The van der Waals surface area contributed by atoms with Crippen molar-refractivity contribution < 1.29 is 27.6 Å². The lowest BCUT2D eigenvalue weighted by Gasteiger charge is -2.08. The highest BCUT2D eigenvalue weighted by Crippen LogP contribution is 2.29. The minimum absolute atomic E-state index is 0.218. The molecule has 0 aliphatic carbocycles. The molecule has 0 amide bonds. The molecule has 0 aromatic heterocycles. The molecule has 0 fully saturated rings. The van der Waals surface area contributed by atoms with Gasteiger partial charge in [0.05, 0.1) is 10.5 Å². The van der Waals surface area contributed by atoms with E-state index in [1.165, 1.54) is 12.1 Å². The smallest absolute Gasteiger partial charge is 0.454 e. The predicted molar refractivity (Wildman–Crippen MR) is 54.0 cm³/mol. The summed E-state index contributed by atoms with van der Waals surface area (Å²) in [5, 5.41) is 10.4. The van der Waals surface area contributed by atoms with Crippen LogP contribution in [0.15, 0.2) is 18.2 Å². The summed E-state index contributed by atoms with van der Waals surface area (Å²) in [7, 11) is 0. The largest absolute Gasteiger partial charge is 0.490 e. The van der Waals surface area contributed by atoms with Crippen molar-refractivity contribution in [2.75, 3.05) is 0 Å². The second-order valence-corrected chi connectivity index (χ2v) is 3.49. The zero-order valence-electron chi connectivity index (χ0n) is 8.53. The Labute approximate surface area is 103 Å². The molecular weight excluding hydrogens is 279 g/mol. The molecule has 0 saturated heterocycles. The summed E-state index contributed by atoms with van der Waals surface area (Å²) in [5.74, 6) is -2.42. The molecule has 1 aromatic rings. The quantitative estimate of drug-likeness (QED) is 0.486. The maximum Gasteiger partial charge on any atom is 0.490 e. The number of hydrogen-bond donors (Lipinski definition) is 0. The molecule has 98 valence electrons. The van der Waals surface area contributed by atoms with Crippen LogP contribution in [0.5, 0.6) is 0 Å². The number of nitro benzene ring substituents is 1. The van der Waals surface area contributed by atoms with E-state index < -0.39 is 29.4 Å². The summed E-state index contributed by atoms with van der Waals surface area (Å²) in [6.45, 7) is -0.880. The average Bonchev–Trinajstić information content (AvgIpc) is 2.23. The van der Waals surface area contributed by atoms with Crippen LogP contribution in [-0.4, -0.2) is 17.1 Å². The molecule has 0 bridgehead atoms. The average molecular weight is 284 g/mol. The Morgan fingerprint density at radius 2 is 2.06 bits per heavy atom. The molecule has 0 unspecified atom stereocenters. The number of ether oxygens (including phenoxy) is 1. The first kappa shape index (κ1) is 14.2. The summed E-state index contributed by atoms with van der Waals surface area (Å²) >= 11 is 5.53. The van der Waals surface area contributed by atoms with Crippen LogP contribution in [-0.2, 0) is 16.1 Å². The lowest BCUT2D eigenvalue weighted by atomic mass is 10.2. The lowest BCUT2D eigenvalue weighted by molar-refractivity contribution is -0.385. The molecule has 0 saturated carbocycles. The Balaban J connectivity index is 2.90. The predicted octanol–water partition coefficient (Wildman–Crippen LogP) is 2.85. The summed E-state index contributed by atoms with van der Waals surface area (Å²) in [4.78, 5) is 20.2. The van der Waals surface area contributed by atoms with Gasteiger partial charge >= 0.3 is 12.1 Å². The highest BCUT2D eigenvalue weighted by molar-refractivity contribution is 6.32. The van der Waals surface area contributed by atoms with Gasteiger partial charge in [-0.15, -0.1) is 0 Å². The number of benzene rings is 1. The number of carbonyl (C=O) groups excluding carboxylic acids is 1. The molecule has 18 heavy (non-hydrogen) atoms. The zero-order chi connectivity index (χ0) is 13.9. The van der Waals surface area contributed by atoms with Gasteiger partial charge in [-0.1, -0.05) is 17.7 Å². The van der Waals surface area contributed by atoms with Gasteiger partial charge in [-0.05, 0) is 12.1 Å². The minimum Gasteiger partial charge on any atom is -0.454 e. The van der Waals surface area contributed by atoms with E-state index in [-0.39, 0.29) is 10.6 Å². The van der Waals surface area contributed by atoms with Crippen LogP contribution in [0.25, 0.3) is 0 Å². The first-order chi connectivity index (χ1) is 8.23. The number of halogens is 4. The number of rotatable bonds is 3. The third-order valence-corrected chi connectivity index (χ3v) is 2.15. The number of hydrogen-bond acceptors (Lipinski definition) is 4. The summed E-state index contributed by atoms with van der Waals surface area (Å²) in [5.41, 5.74) is -0.806. The van der Waals surface area contributed by atoms with E-state index in [0.717, 1.165) is 6.07 Å². The fourth-order valence-electron chi connectivity index (χ4n) is 1.11. The van der Waals surface area contributed by atoms with Crippen molar-refractivity contribution in [3.05, 3.63) is 38.9 Å². The van der Waals surface area contributed by atoms with Crippen LogP contribution in [0.3, 0.4) is 0 Å². The normalized spacial score (nSPS) is 11.1. The van der Waals surface area contributed by atoms with Crippen molar-refractivity contribution in [2.24, 2.45) is 0 Å². The first-order valence-corrected chi connectivity index (χ1v) is 4.77. The van der Waals surface area contributed by atoms with E-state index >= 15 is 0 Å².